The molecular formula is C13H17FN2OS. The van der Waals surface area contributed by atoms with Gasteiger partial charge < -0.3 is 11.1 Å². The summed E-state index contributed by atoms with van der Waals surface area (Å²) in [5.41, 5.74) is 6.31. The number of carbonyl (C=O) groups is 1. The zero-order chi connectivity index (χ0) is 13.7. The molecule has 0 aliphatic heterocycles. The van der Waals surface area contributed by atoms with Gasteiger partial charge in [-0.2, -0.15) is 0 Å². The molecule has 1 rings (SSSR count). The van der Waals surface area contributed by atoms with E-state index in [-0.39, 0.29) is 16.8 Å². The zero-order valence-corrected chi connectivity index (χ0v) is 11.3. The van der Waals surface area contributed by atoms with Gasteiger partial charge in [-0.3, -0.25) is 4.79 Å². The summed E-state index contributed by atoms with van der Waals surface area (Å²) < 4.78 is 13.1. The number of thiocarbonyl (C=S) groups is 1. The summed E-state index contributed by atoms with van der Waals surface area (Å²) in [6.07, 6.45) is 1.73. The summed E-state index contributed by atoms with van der Waals surface area (Å²) in [6.45, 7) is 3.87. The molecule has 0 aliphatic carbocycles. The van der Waals surface area contributed by atoms with Gasteiger partial charge in [0.25, 0.3) is 0 Å². The number of amides is 1. The molecule has 0 saturated carbocycles. The maximum absolute atomic E-state index is 13.1. The maximum atomic E-state index is 13.1. The Morgan fingerprint density at radius 3 is 2.78 bits per heavy atom. The Kier molecular flexibility index (Phi) is 5.22. The average molecular weight is 268 g/mol. The van der Waals surface area contributed by atoms with Crippen molar-refractivity contribution >= 4 is 28.8 Å². The molecule has 0 aliphatic rings. The molecule has 0 aromatic heterocycles. The van der Waals surface area contributed by atoms with Crippen LogP contribution in [0.4, 0.5) is 10.1 Å². The van der Waals surface area contributed by atoms with Gasteiger partial charge in [0.2, 0.25) is 5.91 Å². The quantitative estimate of drug-likeness (QED) is 0.807. The summed E-state index contributed by atoms with van der Waals surface area (Å²) in [5.74, 6) is -0.641. The van der Waals surface area contributed by atoms with Crippen molar-refractivity contribution in [2.45, 2.75) is 26.7 Å². The van der Waals surface area contributed by atoms with Crippen LogP contribution >= 0.6 is 12.2 Å². The van der Waals surface area contributed by atoms with Crippen LogP contribution in [-0.4, -0.2) is 10.9 Å². The van der Waals surface area contributed by atoms with Crippen molar-refractivity contribution in [2.24, 2.45) is 11.7 Å². The van der Waals surface area contributed by atoms with Crippen molar-refractivity contribution in [1.29, 1.82) is 0 Å². The van der Waals surface area contributed by atoms with Crippen LogP contribution in [0.15, 0.2) is 18.2 Å². The first-order valence-corrected chi connectivity index (χ1v) is 6.26. The first-order valence-electron chi connectivity index (χ1n) is 5.86. The number of halogens is 1. The third-order valence-corrected chi connectivity index (χ3v) is 2.89. The lowest BCUT2D eigenvalue weighted by Crippen LogP contribution is -2.22. The highest BCUT2D eigenvalue weighted by Gasteiger charge is 2.14. The molecule has 1 atom stereocenters. The minimum absolute atomic E-state index is 0.0629. The van der Waals surface area contributed by atoms with Crippen LogP contribution in [0, 0.1) is 11.7 Å². The van der Waals surface area contributed by atoms with E-state index < -0.39 is 5.82 Å². The number of anilines is 1. The van der Waals surface area contributed by atoms with Crippen LogP contribution in [0.1, 0.15) is 32.3 Å². The predicted octanol–water partition coefficient (Wildman–Crippen LogP) is 2.83. The highest BCUT2D eigenvalue weighted by molar-refractivity contribution is 7.80. The third-order valence-electron chi connectivity index (χ3n) is 2.67. The molecule has 1 amide bonds. The van der Waals surface area contributed by atoms with E-state index in [4.69, 9.17) is 18.0 Å². The number of nitrogens with two attached hydrogens (primary N) is 1. The van der Waals surface area contributed by atoms with E-state index in [1.807, 2.05) is 13.8 Å². The smallest absolute Gasteiger partial charge is 0.227 e. The Morgan fingerprint density at radius 2 is 2.22 bits per heavy atom. The van der Waals surface area contributed by atoms with E-state index in [0.29, 0.717) is 11.3 Å². The molecule has 5 heteroatoms. The van der Waals surface area contributed by atoms with E-state index in [2.05, 4.69) is 5.32 Å². The van der Waals surface area contributed by atoms with Gasteiger partial charge in [-0.25, -0.2) is 4.39 Å². The molecule has 0 heterocycles. The van der Waals surface area contributed by atoms with E-state index >= 15 is 0 Å². The van der Waals surface area contributed by atoms with E-state index in [1.165, 1.54) is 18.2 Å². The number of nitrogens with one attached hydrogen (secondary N) is 1. The summed E-state index contributed by atoms with van der Waals surface area (Å²) in [7, 11) is 0. The fourth-order valence-electron chi connectivity index (χ4n) is 1.65. The minimum Gasteiger partial charge on any atom is -0.389 e. The third kappa shape index (κ3) is 3.77. The van der Waals surface area contributed by atoms with Crippen molar-refractivity contribution in [3.8, 4) is 0 Å². The Labute approximate surface area is 112 Å². The van der Waals surface area contributed by atoms with E-state index in [1.54, 1.807) is 0 Å². The van der Waals surface area contributed by atoms with Gasteiger partial charge in [0.1, 0.15) is 10.8 Å². The van der Waals surface area contributed by atoms with Gasteiger partial charge >= 0.3 is 0 Å². The van der Waals surface area contributed by atoms with Crippen molar-refractivity contribution in [1.82, 2.24) is 0 Å². The normalized spacial score (nSPS) is 11.9. The van der Waals surface area contributed by atoms with Gasteiger partial charge in [-0.15, -0.1) is 0 Å². The molecule has 0 spiro atoms. The van der Waals surface area contributed by atoms with Crippen LogP contribution in [0.3, 0.4) is 0 Å². The lowest BCUT2D eigenvalue weighted by Gasteiger charge is -2.14. The monoisotopic (exact) mass is 268 g/mol. The number of hydrogen-bond donors (Lipinski definition) is 2. The topological polar surface area (TPSA) is 55.1 Å². The second-order valence-corrected chi connectivity index (χ2v) is 4.67. The Hall–Kier alpha value is -1.49. The van der Waals surface area contributed by atoms with Crippen LogP contribution in [-0.2, 0) is 4.79 Å². The molecule has 0 bridgehead atoms. The van der Waals surface area contributed by atoms with Crippen molar-refractivity contribution in [2.75, 3.05) is 5.32 Å². The molecule has 1 aromatic carbocycles. The first-order chi connectivity index (χ1) is 8.45. The second-order valence-electron chi connectivity index (χ2n) is 4.23. The average Bonchev–Trinajstić information content (AvgIpc) is 2.31. The molecule has 0 radical (unpaired) electrons. The molecule has 0 saturated heterocycles. The van der Waals surface area contributed by atoms with Crippen LogP contribution in [0.2, 0.25) is 0 Å². The summed E-state index contributed by atoms with van der Waals surface area (Å²) in [6, 6.07) is 3.96. The SMILES string of the molecule is CCCC(C)C(=O)Nc1ccc(F)cc1C(N)=S. The molecule has 1 unspecified atom stereocenters. The fraction of sp³-hybridized carbons (Fsp3) is 0.385. The predicted molar refractivity (Wildman–Crippen MR) is 75.0 cm³/mol. The van der Waals surface area contributed by atoms with Gasteiger partial charge in [-0.05, 0) is 24.6 Å². The summed E-state index contributed by atoms with van der Waals surface area (Å²) in [4.78, 5) is 11.9. The van der Waals surface area contributed by atoms with Gasteiger partial charge in [0.05, 0.1) is 5.69 Å². The van der Waals surface area contributed by atoms with E-state index in [9.17, 15) is 9.18 Å². The molecular weight excluding hydrogens is 251 g/mol. The minimum atomic E-state index is -0.433. The van der Waals surface area contributed by atoms with Crippen LogP contribution in [0.5, 0.6) is 0 Å². The molecule has 3 N–H and O–H groups in total. The largest absolute Gasteiger partial charge is 0.389 e. The lowest BCUT2D eigenvalue weighted by molar-refractivity contribution is -0.119. The lowest BCUT2D eigenvalue weighted by atomic mass is 10.0. The standard InChI is InChI=1S/C13H17FN2OS/c1-3-4-8(2)13(17)16-11-6-5-9(14)7-10(11)12(15)18/h5-8H,3-4H2,1-2H3,(H2,15,18)(H,16,17). The summed E-state index contributed by atoms with van der Waals surface area (Å²) >= 11 is 4.84. The maximum Gasteiger partial charge on any atom is 0.227 e. The van der Waals surface area contributed by atoms with Crippen molar-refractivity contribution in [3.05, 3.63) is 29.6 Å². The van der Waals surface area contributed by atoms with Gasteiger partial charge in [0.15, 0.2) is 0 Å². The number of rotatable bonds is 5. The second kappa shape index (κ2) is 6.44. The van der Waals surface area contributed by atoms with Crippen molar-refractivity contribution in [3.63, 3.8) is 0 Å². The Balaban J connectivity index is 2.90. The zero-order valence-electron chi connectivity index (χ0n) is 10.5. The van der Waals surface area contributed by atoms with Crippen LogP contribution < -0.4 is 11.1 Å². The highest BCUT2D eigenvalue weighted by Crippen LogP contribution is 2.18. The van der Waals surface area contributed by atoms with Gasteiger partial charge in [0, 0.05) is 11.5 Å². The molecule has 1 aromatic rings. The molecule has 0 fully saturated rings. The number of carbonyl (C=O) groups excluding carboxylic acids is 1. The van der Waals surface area contributed by atoms with Crippen LogP contribution in [0.25, 0.3) is 0 Å². The summed E-state index contributed by atoms with van der Waals surface area (Å²) in [5, 5.41) is 2.73. The van der Waals surface area contributed by atoms with E-state index in [0.717, 1.165) is 12.8 Å². The fourth-order valence-corrected chi connectivity index (χ4v) is 1.82. The Morgan fingerprint density at radius 1 is 1.56 bits per heavy atom. The molecule has 18 heavy (non-hydrogen) atoms. The number of hydrogen-bond acceptors (Lipinski definition) is 2. The van der Waals surface area contributed by atoms with Gasteiger partial charge in [-0.1, -0.05) is 32.5 Å². The number of benzene rings is 1. The highest BCUT2D eigenvalue weighted by atomic mass is 32.1. The Bertz CT molecular complexity index is 462. The molecule has 98 valence electrons. The molecule has 3 nitrogen and oxygen atoms in total. The van der Waals surface area contributed by atoms with Crippen molar-refractivity contribution < 1.29 is 9.18 Å². The first kappa shape index (κ1) is 14.6.